The largest absolute Gasteiger partial charge is 0.508 e. The second-order valence-corrected chi connectivity index (χ2v) is 6.93. The Morgan fingerprint density at radius 3 is 2.71 bits per heavy atom. The zero-order chi connectivity index (χ0) is 17.2. The molecule has 1 aliphatic carbocycles. The topological polar surface area (TPSA) is 89.9 Å². The third-order valence-corrected chi connectivity index (χ3v) is 5.44. The highest BCUT2D eigenvalue weighted by Gasteiger charge is 2.55. The van der Waals surface area contributed by atoms with Gasteiger partial charge in [0.2, 0.25) is 0 Å². The van der Waals surface area contributed by atoms with Crippen molar-refractivity contribution in [3.05, 3.63) is 29.8 Å². The number of carboxylic acids is 1. The molecule has 0 unspecified atom stereocenters. The molecule has 1 saturated heterocycles. The van der Waals surface area contributed by atoms with E-state index in [-0.39, 0.29) is 17.7 Å². The van der Waals surface area contributed by atoms with Crippen molar-refractivity contribution in [2.24, 2.45) is 11.3 Å². The van der Waals surface area contributed by atoms with Gasteiger partial charge in [-0.05, 0) is 49.3 Å². The fourth-order valence-electron chi connectivity index (χ4n) is 4.06. The summed E-state index contributed by atoms with van der Waals surface area (Å²) in [6.45, 7) is 1.44. The molecule has 1 heterocycles. The van der Waals surface area contributed by atoms with E-state index >= 15 is 0 Å². The van der Waals surface area contributed by atoms with E-state index < -0.39 is 11.4 Å². The molecule has 1 aromatic carbocycles. The van der Waals surface area contributed by atoms with Gasteiger partial charge in [-0.2, -0.15) is 0 Å². The smallest absolute Gasteiger partial charge is 0.317 e. The number of amides is 2. The van der Waals surface area contributed by atoms with Gasteiger partial charge in [0.25, 0.3) is 0 Å². The third-order valence-electron chi connectivity index (χ3n) is 5.44. The van der Waals surface area contributed by atoms with Crippen molar-refractivity contribution >= 4 is 12.0 Å². The van der Waals surface area contributed by atoms with E-state index in [4.69, 9.17) is 0 Å². The second-order valence-electron chi connectivity index (χ2n) is 6.93. The van der Waals surface area contributed by atoms with Gasteiger partial charge in [0.15, 0.2) is 0 Å². The quantitative estimate of drug-likeness (QED) is 0.721. The number of urea groups is 1. The molecular weight excluding hydrogens is 308 g/mol. The minimum Gasteiger partial charge on any atom is -0.508 e. The molecule has 2 aliphatic rings. The lowest BCUT2D eigenvalue weighted by Gasteiger charge is -2.23. The summed E-state index contributed by atoms with van der Waals surface area (Å²) in [4.78, 5) is 25.6. The summed E-state index contributed by atoms with van der Waals surface area (Å²) in [5.74, 6) is -0.413. The summed E-state index contributed by atoms with van der Waals surface area (Å²) in [5, 5.41) is 21.7. The number of likely N-dealkylation sites (tertiary alicyclic amines) is 1. The number of phenols is 1. The Morgan fingerprint density at radius 1 is 1.29 bits per heavy atom. The van der Waals surface area contributed by atoms with Gasteiger partial charge in [0.05, 0.1) is 5.41 Å². The maximum atomic E-state index is 12.3. The molecule has 0 radical (unpaired) electrons. The molecule has 6 nitrogen and oxygen atoms in total. The Labute approximate surface area is 141 Å². The van der Waals surface area contributed by atoms with Crippen LogP contribution in [0.15, 0.2) is 24.3 Å². The average molecular weight is 332 g/mol. The Morgan fingerprint density at radius 2 is 2.04 bits per heavy atom. The van der Waals surface area contributed by atoms with Crippen molar-refractivity contribution in [3.63, 3.8) is 0 Å². The summed E-state index contributed by atoms with van der Waals surface area (Å²) in [6, 6.07) is 6.89. The summed E-state index contributed by atoms with van der Waals surface area (Å²) in [5.41, 5.74) is 0.395. The maximum Gasteiger partial charge on any atom is 0.317 e. The fraction of sp³-hybridized carbons (Fsp3) is 0.556. The number of nitrogens with one attached hydrogen (secondary N) is 1. The minimum atomic E-state index is -0.757. The monoisotopic (exact) mass is 332 g/mol. The van der Waals surface area contributed by atoms with E-state index in [1.165, 1.54) is 0 Å². The number of aliphatic carboxylic acids is 1. The molecule has 1 aromatic rings. The molecule has 130 valence electrons. The van der Waals surface area contributed by atoms with Crippen LogP contribution >= 0.6 is 0 Å². The molecule has 1 saturated carbocycles. The van der Waals surface area contributed by atoms with Crippen molar-refractivity contribution in [1.82, 2.24) is 10.2 Å². The van der Waals surface area contributed by atoms with Crippen molar-refractivity contribution < 1.29 is 19.8 Å². The lowest BCUT2D eigenvalue weighted by Crippen LogP contribution is -2.42. The van der Waals surface area contributed by atoms with Gasteiger partial charge in [0, 0.05) is 19.6 Å². The van der Waals surface area contributed by atoms with E-state index in [0.717, 1.165) is 31.2 Å². The highest BCUT2D eigenvalue weighted by atomic mass is 16.4. The van der Waals surface area contributed by atoms with Crippen LogP contribution in [0, 0.1) is 11.3 Å². The summed E-state index contributed by atoms with van der Waals surface area (Å²) >= 11 is 0. The van der Waals surface area contributed by atoms with Gasteiger partial charge in [-0.25, -0.2) is 4.79 Å². The summed E-state index contributed by atoms with van der Waals surface area (Å²) in [7, 11) is 0. The van der Waals surface area contributed by atoms with Crippen LogP contribution in [0.2, 0.25) is 0 Å². The predicted octanol–water partition coefficient (Wildman–Crippen LogP) is 2.22. The molecule has 1 aliphatic heterocycles. The van der Waals surface area contributed by atoms with E-state index in [9.17, 15) is 19.8 Å². The van der Waals surface area contributed by atoms with E-state index in [1.807, 2.05) is 12.1 Å². The first-order valence-corrected chi connectivity index (χ1v) is 8.55. The highest BCUT2D eigenvalue weighted by molar-refractivity contribution is 5.80. The Balaban J connectivity index is 1.45. The molecule has 3 N–H and O–H groups in total. The Hall–Kier alpha value is -2.24. The SMILES string of the molecule is O=C(NCCCc1ccc(O)cc1)N1C[C@@H]2CCC[C@@]2(C(=O)O)C1. The third kappa shape index (κ3) is 3.18. The molecule has 24 heavy (non-hydrogen) atoms. The number of nitrogens with zero attached hydrogens (tertiary/aromatic N) is 1. The van der Waals surface area contributed by atoms with Gasteiger partial charge < -0.3 is 20.4 Å². The van der Waals surface area contributed by atoms with Gasteiger partial charge in [-0.1, -0.05) is 18.6 Å². The van der Waals surface area contributed by atoms with Crippen LogP contribution < -0.4 is 5.32 Å². The number of hydrogen-bond acceptors (Lipinski definition) is 3. The number of benzene rings is 1. The number of carbonyl (C=O) groups excluding carboxylic acids is 1. The van der Waals surface area contributed by atoms with Crippen LogP contribution in [0.3, 0.4) is 0 Å². The molecule has 0 spiro atoms. The van der Waals surface area contributed by atoms with Crippen molar-refractivity contribution in [2.45, 2.75) is 32.1 Å². The van der Waals surface area contributed by atoms with Gasteiger partial charge in [0.1, 0.15) is 5.75 Å². The van der Waals surface area contributed by atoms with Crippen molar-refractivity contribution in [1.29, 1.82) is 0 Å². The minimum absolute atomic E-state index is 0.0951. The zero-order valence-corrected chi connectivity index (χ0v) is 13.7. The van der Waals surface area contributed by atoms with E-state index in [2.05, 4.69) is 5.32 Å². The fourth-order valence-corrected chi connectivity index (χ4v) is 4.06. The number of hydrogen-bond donors (Lipinski definition) is 3. The molecule has 2 atom stereocenters. The molecule has 6 heteroatoms. The maximum absolute atomic E-state index is 12.3. The van der Waals surface area contributed by atoms with Crippen LogP contribution in [-0.4, -0.2) is 46.7 Å². The number of fused-ring (bicyclic) bond motifs is 1. The Bertz CT molecular complexity index is 616. The van der Waals surface area contributed by atoms with E-state index in [0.29, 0.717) is 26.1 Å². The first kappa shape index (κ1) is 16.6. The van der Waals surface area contributed by atoms with Crippen LogP contribution in [0.25, 0.3) is 0 Å². The number of carbonyl (C=O) groups is 2. The van der Waals surface area contributed by atoms with Crippen molar-refractivity contribution in [3.8, 4) is 5.75 Å². The van der Waals surface area contributed by atoms with Crippen LogP contribution in [0.5, 0.6) is 5.75 Å². The number of carboxylic acid groups (broad SMARTS) is 1. The molecule has 2 fully saturated rings. The number of aromatic hydroxyl groups is 1. The average Bonchev–Trinajstić information content (AvgIpc) is 3.11. The summed E-state index contributed by atoms with van der Waals surface area (Å²) < 4.78 is 0. The number of aryl methyl sites for hydroxylation is 1. The number of phenolic OH excluding ortho intramolecular Hbond substituents is 1. The van der Waals surface area contributed by atoms with Crippen LogP contribution in [-0.2, 0) is 11.2 Å². The summed E-state index contributed by atoms with van der Waals surface area (Å²) in [6.07, 6.45) is 4.15. The molecule has 3 rings (SSSR count). The lowest BCUT2D eigenvalue weighted by molar-refractivity contribution is -0.149. The standard InChI is InChI=1S/C18H24N2O4/c21-15-7-5-13(6-8-15)3-2-10-19-17(24)20-11-14-4-1-9-18(14,12-20)16(22)23/h5-8,14,21H,1-4,9-12H2,(H,19,24)(H,22,23)/t14-,18+/m0/s1. The van der Waals surface area contributed by atoms with Gasteiger partial charge >= 0.3 is 12.0 Å². The normalized spacial score (nSPS) is 25.5. The predicted molar refractivity (Wildman–Crippen MR) is 88.8 cm³/mol. The van der Waals surface area contributed by atoms with Crippen LogP contribution in [0.4, 0.5) is 4.79 Å². The lowest BCUT2D eigenvalue weighted by atomic mass is 9.81. The van der Waals surface area contributed by atoms with Crippen LogP contribution in [0.1, 0.15) is 31.2 Å². The zero-order valence-electron chi connectivity index (χ0n) is 13.7. The second kappa shape index (κ2) is 6.71. The molecular formula is C18H24N2O4. The van der Waals surface area contributed by atoms with E-state index in [1.54, 1.807) is 17.0 Å². The molecule has 0 bridgehead atoms. The van der Waals surface area contributed by atoms with Gasteiger partial charge in [-0.15, -0.1) is 0 Å². The Kier molecular flexibility index (Phi) is 4.64. The number of rotatable bonds is 5. The first-order valence-electron chi connectivity index (χ1n) is 8.55. The molecule has 2 amide bonds. The highest BCUT2D eigenvalue weighted by Crippen LogP contribution is 2.48. The first-order chi connectivity index (χ1) is 11.5. The van der Waals surface area contributed by atoms with Gasteiger partial charge in [-0.3, -0.25) is 4.79 Å². The van der Waals surface area contributed by atoms with Crippen molar-refractivity contribution in [2.75, 3.05) is 19.6 Å². The molecule has 0 aromatic heterocycles.